The number of aliphatic hydroxyl groups excluding tert-OH is 1. The van der Waals surface area contributed by atoms with E-state index in [1.807, 2.05) is 0 Å². The third-order valence-corrected chi connectivity index (χ3v) is 3.11. The molecule has 0 aliphatic carbocycles. The Kier molecular flexibility index (Phi) is 9.99. The molecule has 1 atom stereocenters. The molecule has 0 aliphatic rings. The lowest BCUT2D eigenvalue weighted by molar-refractivity contribution is 0.0279. The van der Waals surface area contributed by atoms with Crippen LogP contribution in [-0.4, -0.2) is 44.6 Å². The van der Waals surface area contributed by atoms with Gasteiger partial charge in [-0.2, -0.15) is 0 Å². The normalized spacial score (nSPS) is 12.5. The monoisotopic (exact) mass is 299 g/mol. The summed E-state index contributed by atoms with van der Waals surface area (Å²) in [6.45, 7) is 2.54. The van der Waals surface area contributed by atoms with Crippen molar-refractivity contribution in [2.24, 2.45) is 0 Å². The van der Waals surface area contributed by atoms with Gasteiger partial charge in [0.15, 0.2) is 0 Å². The molecule has 1 unspecified atom stereocenters. The van der Waals surface area contributed by atoms with Crippen LogP contribution < -0.4 is 5.32 Å². The minimum absolute atomic E-state index is 0.181. The van der Waals surface area contributed by atoms with E-state index in [-0.39, 0.29) is 19.0 Å². The molecule has 0 radical (unpaired) electrons. The summed E-state index contributed by atoms with van der Waals surface area (Å²) in [5, 5.41) is 12.9. The molecule has 1 rings (SSSR count). The smallest absolute Gasteiger partial charge is 0.128 e. The van der Waals surface area contributed by atoms with E-state index in [9.17, 15) is 9.50 Å². The SMILES string of the molecule is COCCCCCNCC(O)COCc1ccccc1F. The Morgan fingerprint density at radius 2 is 2.05 bits per heavy atom. The maximum atomic E-state index is 13.3. The molecule has 0 saturated carbocycles. The van der Waals surface area contributed by atoms with Crippen molar-refractivity contribution in [2.75, 3.05) is 33.4 Å². The van der Waals surface area contributed by atoms with Gasteiger partial charge in [0.2, 0.25) is 0 Å². The molecule has 0 bridgehead atoms. The van der Waals surface area contributed by atoms with E-state index in [1.165, 1.54) is 6.07 Å². The van der Waals surface area contributed by atoms with Gasteiger partial charge in [0.1, 0.15) is 5.82 Å². The fourth-order valence-electron chi connectivity index (χ4n) is 1.92. The van der Waals surface area contributed by atoms with Gasteiger partial charge in [-0.25, -0.2) is 4.39 Å². The molecule has 4 nitrogen and oxygen atoms in total. The molecule has 0 amide bonds. The van der Waals surface area contributed by atoms with Gasteiger partial charge >= 0.3 is 0 Å². The topological polar surface area (TPSA) is 50.7 Å². The molecule has 1 aromatic rings. The van der Waals surface area contributed by atoms with Gasteiger partial charge in [-0.1, -0.05) is 18.2 Å². The summed E-state index contributed by atoms with van der Waals surface area (Å²) in [4.78, 5) is 0. The summed E-state index contributed by atoms with van der Waals surface area (Å²) in [6.07, 6.45) is 2.66. The number of unbranched alkanes of at least 4 members (excludes halogenated alkanes) is 2. The third kappa shape index (κ3) is 8.78. The average molecular weight is 299 g/mol. The van der Waals surface area contributed by atoms with E-state index in [1.54, 1.807) is 25.3 Å². The average Bonchev–Trinajstić information content (AvgIpc) is 2.48. The van der Waals surface area contributed by atoms with Crippen LogP contribution in [0.5, 0.6) is 0 Å². The number of hydrogen-bond acceptors (Lipinski definition) is 4. The number of benzene rings is 1. The van der Waals surface area contributed by atoms with Crippen molar-refractivity contribution in [3.63, 3.8) is 0 Å². The van der Waals surface area contributed by atoms with Crippen molar-refractivity contribution in [2.45, 2.75) is 32.0 Å². The Labute approximate surface area is 126 Å². The fourth-order valence-corrected chi connectivity index (χ4v) is 1.92. The zero-order valence-corrected chi connectivity index (χ0v) is 12.7. The van der Waals surface area contributed by atoms with Gasteiger partial charge in [0, 0.05) is 25.8 Å². The Morgan fingerprint density at radius 3 is 2.81 bits per heavy atom. The van der Waals surface area contributed by atoms with E-state index < -0.39 is 6.10 Å². The molecule has 120 valence electrons. The predicted molar refractivity (Wildman–Crippen MR) is 80.7 cm³/mol. The summed E-state index contributed by atoms with van der Waals surface area (Å²) in [5.74, 6) is -0.277. The maximum absolute atomic E-state index is 13.3. The van der Waals surface area contributed by atoms with Crippen LogP contribution in [0.2, 0.25) is 0 Å². The number of hydrogen-bond donors (Lipinski definition) is 2. The van der Waals surface area contributed by atoms with Gasteiger partial charge in [0.25, 0.3) is 0 Å². The summed E-state index contributed by atoms with van der Waals surface area (Å²) < 4.78 is 23.6. The Balaban J connectivity index is 1.99. The molecule has 1 aromatic carbocycles. The van der Waals surface area contributed by atoms with Crippen LogP contribution in [0.4, 0.5) is 4.39 Å². The summed E-state index contributed by atoms with van der Waals surface area (Å²) >= 11 is 0. The van der Waals surface area contributed by atoms with Crippen LogP contribution in [0.15, 0.2) is 24.3 Å². The molecule has 0 heterocycles. The zero-order chi connectivity index (χ0) is 15.3. The molecule has 21 heavy (non-hydrogen) atoms. The van der Waals surface area contributed by atoms with E-state index in [0.717, 1.165) is 32.4 Å². The van der Waals surface area contributed by atoms with Crippen LogP contribution in [0.25, 0.3) is 0 Å². The van der Waals surface area contributed by atoms with Gasteiger partial charge in [-0.15, -0.1) is 0 Å². The second kappa shape index (κ2) is 11.6. The first-order valence-corrected chi connectivity index (χ1v) is 7.43. The highest BCUT2D eigenvalue weighted by atomic mass is 19.1. The van der Waals surface area contributed by atoms with Crippen LogP contribution in [0.1, 0.15) is 24.8 Å². The molecule has 0 aliphatic heterocycles. The number of rotatable bonds is 12. The fraction of sp³-hybridized carbons (Fsp3) is 0.625. The Bertz CT molecular complexity index is 376. The molecule has 0 spiro atoms. The van der Waals surface area contributed by atoms with Gasteiger partial charge in [0.05, 0.1) is 19.3 Å². The lowest BCUT2D eigenvalue weighted by Gasteiger charge is -2.12. The highest BCUT2D eigenvalue weighted by Crippen LogP contribution is 2.07. The molecule has 2 N–H and O–H groups in total. The van der Waals surface area contributed by atoms with Crippen molar-refractivity contribution < 1.29 is 19.0 Å². The van der Waals surface area contributed by atoms with E-state index >= 15 is 0 Å². The van der Waals surface area contributed by atoms with Crippen LogP contribution >= 0.6 is 0 Å². The quantitative estimate of drug-likeness (QED) is 0.580. The number of aliphatic hydroxyl groups is 1. The molecular formula is C16H26FNO3. The molecule has 0 saturated heterocycles. The van der Waals surface area contributed by atoms with Gasteiger partial charge < -0.3 is 19.9 Å². The van der Waals surface area contributed by atoms with Crippen molar-refractivity contribution in [1.29, 1.82) is 0 Å². The highest BCUT2D eigenvalue weighted by Gasteiger charge is 2.05. The van der Waals surface area contributed by atoms with Gasteiger partial charge in [-0.3, -0.25) is 0 Å². The Hall–Kier alpha value is -1.01. The summed E-state index contributed by atoms with van der Waals surface area (Å²) in [6, 6.07) is 6.49. The lowest BCUT2D eigenvalue weighted by Crippen LogP contribution is -2.31. The second-order valence-electron chi connectivity index (χ2n) is 5.02. The van der Waals surface area contributed by atoms with Crippen molar-refractivity contribution in [3.8, 4) is 0 Å². The van der Waals surface area contributed by atoms with Crippen molar-refractivity contribution in [3.05, 3.63) is 35.6 Å². The minimum Gasteiger partial charge on any atom is -0.389 e. The number of nitrogens with one attached hydrogen (secondary N) is 1. The lowest BCUT2D eigenvalue weighted by atomic mass is 10.2. The van der Waals surface area contributed by atoms with E-state index in [2.05, 4.69) is 5.32 Å². The van der Waals surface area contributed by atoms with Crippen LogP contribution in [-0.2, 0) is 16.1 Å². The standard InChI is InChI=1S/C16H26FNO3/c1-20-10-6-2-5-9-18-11-15(19)13-21-12-14-7-3-4-8-16(14)17/h3-4,7-8,15,18-19H,2,5-6,9-13H2,1H3. The molecule has 0 aromatic heterocycles. The molecule has 5 heteroatoms. The minimum atomic E-state index is -0.573. The van der Waals surface area contributed by atoms with Crippen LogP contribution in [0, 0.1) is 5.82 Å². The number of methoxy groups -OCH3 is 1. The number of ether oxygens (including phenoxy) is 2. The molecular weight excluding hydrogens is 273 g/mol. The second-order valence-corrected chi connectivity index (χ2v) is 5.02. The third-order valence-electron chi connectivity index (χ3n) is 3.11. The van der Waals surface area contributed by atoms with E-state index in [4.69, 9.17) is 9.47 Å². The number of halogens is 1. The van der Waals surface area contributed by atoms with Crippen molar-refractivity contribution >= 4 is 0 Å². The highest BCUT2D eigenvalue weighted by molar-refractivity contribution is 5.16. The zero-order valence-electron chi connectivity index (χ0n) is 12.7. The van der Waals surface area contributed by atoms with Crippen molar-refractivity contribution in [1.82, 2.24) is 5.32 Å². The summed E-state index contributed by atoms with van der Waals surface area (Å²) in [5.41, 5.74) is 0.510. The predicted octanol–water partition coefficient (Wildman–Crippen LogP) is 2.11. The van der Waals surface area contributed by atoms with E-state index in [0.29, 0.717) is 12.1 Å². The first kappa shape index (κ1) is 18.0. The van der Waals surface area contributed by atoms with Gasteiger partial charge in [-0.05, 0) is 31.9 Å². The molecule has 0 fully saturated rings. The maximum Gasteiger partial charge on any atom is 0.128 e. The first-order chi connectivity index (χ1) is 10.2. The summed E-state index contributed by atoms with van der Waals surface area (Å²) in [7, 11) is 1.70. The van der Waals surface area contributed by atoms with Crippen LogP contribution in [0.3, 0.4) is 0 Å². The Morgan fingerprint density at radius 1 is 1.24 bits per heavy atom. The first-order valence-electron chi connectivity index (χ1n) is 7.43. The largest absolute Gasteiger partial charge is 0.389 e.